The van der Waals surface area contributed by atoms with Gasteiger partial charge in [-0.05, 0) is 77.7 Å². The van der Waals surface area contributed by atoms with Crippen LogP contribution >= 0.6 is 0 Å². The second-order valence-electron chi connectivity index (χ2n) is 14.4. The summed E-state index contributed by atoms with van der Waals surface area (Å²) < 4.78 is 43.7. The van der Waals surface area contributed by atoms with Crippen LogP contribution in [0.25, 0.3) is 0 Å². The molecule has 3 N–H and O–H groups in total. The van der Waals surface area contributed by atoms with E-state index < -0.39 is 24.2 Å². The standard InChI is InChI=1S/C42H49FN4O10/c1-52-19-4-16-44-18-20-53-39-14-9-30(22-37(39)44)27-54-40-26-46(42(49)57-35-8-2-5-29(21-35)28-55-47(50)51)25-38(48)41(40)31-10-12-34(13-11-31)56-36-15-17-45(24-36)33-7-3-6-32(43)23-33/h2-3,5-14,21-23,36,38,40-41,48,50-51H,4,15-20,24-28H2,1H3. The summed E-state index contributed by atoms with van der Waals surface area (Å²) in [5.41, 5.74) is 4.10. The van der Waals surface area contributed by atoms with Crippen LogP contribution in [0.15, 0.2) is 91.0 Å². The minimum absolute atomic E-state index is 0.000987. The Morgan fingerprint density at radius 3 is 2.54 bits per heavy atom. The first-order valence-corrected chi connectivity index (χ1v) is 19.2. The van der Waals surface area contributed by atoms with Gasteiger partial charge in [0.1, 0.15) is 35.8 Å². The number of amides is 1. The molecule has 4 aromatic rings. The smallest absolute Gasteiger partial charge is 0.415 e. The Hall–Kier alpha value is -5.00. The van der Waals surface area contributed by atoms with Crippen LogP contribution in [-0.2, 0) is 27.5 Å². The number of carbonyl (C=O) groups excluding carboxylic acids is 1. The predicted molar refractivity (Wildman–Crippen MR) is 206 cm³/mol. The van der Waals surface area contributed by atoms with Crippen molar-refractivity contribution in [2.75, 3.05) is 69.4 Å². The molecule has 0 bridgehead atoms. The molecule has 0 aliphatic carbocycles. The summed E-state index contributed by atoms with van der Waals surface area (Å²) in [6, 6.07) is 26.6. The maximum atomic E-state index is 13.8. The summed E-state index contributed by atoms with van der Waals surface area (Å²) in [6.07, 6.45) is -0.679. The van der Waals surface area contributed by atoms with E-state index in [0.29, 0.717) is 31.1 Å². The van der Waals surface area contributed by atoms with Gasteiger partial charge in [-0.1, -0.05) is 36.4 Å². The van der Waals surface area contributed by atoms with Crippen LogP contribution in [0.3, 0.4) is 0 Å². The number of halogens is 1. The zero-order chi connectivity index (χ0) is 39.7. The Bertz CT molecular complexity index is 1940. The number of methoxy groups -OCH3 is 1. The van der Waals surface area contributed by atoms with Gasteiger partial charge < -0.3 is 43.5 Å². The predicted octanol–water partition coefficient (Wildman–Crippen LogP) is 5.78. The Morgan fingerprint density at radius 2 is 1.74 bits per heavy atom. The van der Waals surface area contributed by atoms with Gasteiger partial charge in [0.25, 0.3) is 0 Å². The second-order valence-corrected chi connectivity index (χ2v) is 14.4. The van der Waals surface area contributed by atoms with Gasteiger partial charge in [-0.15, -0.1) is 0 Å². The number of hydrogen-bond donors (Lipinski definition) is 3. The monoisotopic (exact) mass is 788 g/mol. The number of benzene rings is 4. The number of aliphatic hydroxyl groups is 1. The van der Waals surface area contributed by atoms with Gasteiger partial charge in [0.05, 0.1) is 62.7 Å². The summed E-state index contributed by atoms with van der Waals surface area (Å²) in [7, 11) is 1.70. The average molecular weight is 789 g/mol. The van der Waals surface area contributed by atoms with Crippen molar-refractivity contribution in [1.29, 1.82) is 0 Å². The number of fused-ring (bicyclic) bond motifs is 1. The van der Waals surface area contributed by atoms with Crippen molar-refractivity contribution in [3.8, 4) is 17.2 Å². The van der Waals surface area contributed by atoms with Gasteiger partial charge in [0.2, 0.25) is 0 Å². The highest BCUT2D eigenvalue weighted by Crippen LogP contribution is 2.36. The minimum atomic E-state index is -0.995. The lowest BCUT2D eigenvalue weighted by molar-refractivity contribution is -0.497. The normalized spacial score (nSPS) is 20.7. The van der Waals surface area contributed by atoms with E-state index in [-0.39, 0.29) is 49.4 Å². The Balaban J connectivity index is 1.06. The van der Waals surface area contributed by atoms with E-state index in [4.69, 9.17) is 34.1 Å². The van der Waals surface area contributed by atoms with Crippen molar-refractivity contribution < 1.29 is 53.2 Å². The highest BCUT2D eigenvalue weighted by atomic mass is 19.1. The Morgan fingerprint density at radius 1 is 0.912 bits per heavy atom. The molecule has 1 amide bonds. The topological polar surface area (TPSA) is 146 Å². The molecule has 0 spiro atoms. The molecule has 3 aliphatic heterocycles. The van der Waals surface area contributed by atoms with Gasteiger partial charge in [0, 0.05) is 44.8 Å². The molecule has 4 atom stereocenters. The molecule has 57 heavy (non-hydrogen) atoms. The van der Waals surface area contributed by atoms with Crippen LogP contribution in [0.2, 0.25) is 0 Å². The van der Waals surface area contributed by atoms with Crippen molar-refractivity contribution in [1.82, 2.24) is 10.3 Å². The number of ether oxygens (including phenoxy) is 5. The fourth-order valence-corrected chi connectivity index (χ4v) is 7.67. The van der Waals surface area contributed by atoms with E-state index in [9.17, 15) is 14.3 Å². The number of likely N-dealkylation sites (tertiary alicyclic amines) is 1. The molecular formula is C42H49FN4O10. The van der Waals surface area contributed by atoms with E-state index in [1.807, 2.05) is 42.5 Å². The number of aliphatic hydroxyl groups excluding tert-OH is 1. The average Bonchev–Trinajstić information content (AvgIpc) is 3.68. The van der Waals surface area contributed by atoms with Gasteiger partial charge in [-0.3, -0.25) is 10.4 Å². The Labute approximate surface area is 330 Å². The number of hydrogen-bond acceptors (Lipinski definition) is 13. The fraction of sp³-hybridized carbons (Fsp3) is 0.405. The van der Waals surface area contributed by atoms with Gasteiger partial charge in [0.15, 0.2) is 0 Å². The van der Waals surface area contributed by atoms with E-state index >= 15 is 0 Å². The van der Waals surface area contributed by atoms with Crippen molar-refractivity contribution in [3.63, 3.8) is 0 Å². The van der Waals surface area contributed by atoms with Crippen LogP contribution in [-0.4, -0.2) is 110 Å². The lowest BCUT2D eigenvalue weighted by Crippen LogP contribution is -2.54. The quantitative estimate of drug-likeness (QED) is 0.0991. The highest BCUT2D eigenvalue weighted by Gasteiger charge is 2.40. The third kappa shape index (κ3) is 10.5. The first kappa shape index (κ1) is 40.2. The van der Waals surface area contributed by atoms with Crippen molar-refractivity contribution in [2.24, 2.45) is 0 Å². The van der Waals surface area contributed by atoms with E-state index in [0.717, 1.165) is 60.7 Å². The Kier molecular flexibility index (Phi) is 13.4. The third-order valence-corrected chi connectivity index (χ3v) is 10.4. The third-order valence-electron chi connectivity index (χ3n) is 10.4. The maximum absolute atomic E-state index is 13.8. The maximum Gasteiger partial charge on any atom is 0.415 e. The molecule has 304 valence electrons. The van der Waals surface area contributed by atoms with Crippen LogP contribution < -0.4 is 24.0 Å². The summed E-state index contributed by atoms with van der Waals surface area (Å²) in [4.78, 5) is 24.1. The molecule has 14 nitrogen and oxygen atoms in total. The van der Waals surface area contributed by atoms with Gasteiger partial charge in [-0.25, -0.2) is 14.0 Å². The largest absolute Gasteiger partial charge is 0.490 e. The van der Waals surface area contributed by atoms with Crippen LogP contribution in [0, 0.1) is 5.82 Å². The lowest BCUT2D eigenvalue weighted by atomic mass is 9.84. The number of carbonyl (C=O) groups is 1. The molecule has 3 heterocycles. The summed E-state index contributed by atoms with van der Waals surface area (Å²) in [5.74, 6) is 0.964. The van der Waals surface area contributed by atoms with Gasteiger partial charge >= 0.3 is 6.09 Å². The molecule has 3 aliphatic rings. The van der Waals surface area contributed by atoms with Gasteiger partial charge in [-0.2, -0.15) is 0 Å². The first-order chi connectivity index (χ1) is 27.7. The van der Waals surface area contributed by atoms with Crippen LogP contribution in [0.5, 0.6) is 17.2 Å². The van der Waals surface area contributed by atoms with Crippen LogP contribution in [0.1, 0.15) is 35.4 Å². The zero-order valence-electron chi connectivity index (χ0n) is 31.8. The number of β-amino-alcohol motifs (C(OH)–C–C–N with tert-alkyl or cyclic N) is 1. The van der Waals surface area contributed by atoms with E-state index in [1.165, 1.54) is 17.0 Å². The molecule has 0 saturated carbocycles. The molecule has 4 aromatic carbocycles. The molecule has 7 rings (SSSR count). The van der Waals surface area contributed by atoms with Crippen molar-refractivity contribution >= 4 is 17.5 Å². The molecular weight excluding hydrogens is 739 g/mol. The zero-order valence-corrected chi connectivity index (χ0v) is 31.8. The molecule has 2 fully saturated rings. The number of rotatable bonds is 15. The van der Waals surface area contributed by atoms with E-state index in [1.54, 1.807) is 37.4 Å². The van der Waals surface area contributed by atoms with Crippen LogP contribution in [0.4, 0.5) is 20.6 Å². The molecule has 15 heteroatoms. The SMILES string of the molecule is COCCCN1CCOc2ccc(COC3CN(C(=O)Oc4cccc(CON(O)O)c4)CC(O)C3c3ccc(OC4CCN(c5cccc(F)c5)C4)cc3)cc21. The summed E-state index contributed by atoms with van der Waals surface area (Å²) >= 11 is 0. The lowest BCUT2D eigenvalue weighted by Gasteiger charge is -2.41. The fourth-order valence-electron chi connectivity index (χ4n) is 7.67. The van der Waals surface area contributed by atoms with Crippen molar-refractivity contribution in [2.45, 2.75) is 50.3 Å². The first-order valence-electron chi connectivity index (χ1n) is 19.2. The number of anilines is 2. The number of piperidine rings is 1. The summed E-state index contributed by atoms with van der Waals surface area (Å²) in [5, 5.41) is 29.1. The second kappa shape index (κ2) is 19.0. The molecule has 4 unspecified atom stereocenters. The molecule has 2 saturated heterocycles. The molecule has 0 radical (unpaired) electrons. The highest BCUT2D eigenvalue weighted by molar-refractivity contribution is 5.71. The summed E-state index contributed by atoms with van der Waals surface area (Å²) in [6.45, 7) is 4.43. The van der Waals surface area contributed by atoms with Crippen molar-refractivity contribution in [3.05, 3.63) is 114 Å². The molecule has 0 aromatic heterocycles. The minimum Gasteiger partial charge on any atom is -0.490 e. The number of nitrogens with zero attached hydrogens (tertiary/aromatic N) is 4. The van der Waals surface area contributed by atoms with E-state index in [2.05, 4.69) is 20.7 Å².